The van der Waals surface area contributed by atoms with Gasteiger partial charge in [-0.2, -0.15) is 0 Å². The van der Waals surface area contributed by atoms with Gasteiger partial charge < -0.3 is 4.90 Å². The topological polar surface area (TPSA) is 63.5 Å². The van der Waals surface area contributed by atoms with Crippen molar-refractivity contribution in [3.05, 3.63) is 49.5 Å². The number of hydrogen-bond donors (Lipinski definition) is 0. The molecular weight excluding hydrogens is 272 g/mol. The van der Waals surface area contributed by atoms with Crippen molar-refractivity contribution in [2.45, 2.75) is 6.54 Å². The monoisotopic (exact) mass is 282 g/mol. The van der Waals surface area contributed by atoms with Crippen molar-refractivity contribution >= 4 is 33.6 Å². The van der Waals surface area contributed by atoms with E-state index in [4.69, 9.17) is 0 Å². The van der Waals surface area contributed by atoms with Crippen LogP contribution in [0.2, 0.25) is 0 Å². The van der Waals surface area contributed by atoms with Gasteiger partial charge in [-0.05, 0) is 11.4 Å². The average molecular weight is 282 g/mol. The highest BCUT2D eigenvalue weighted by molar-refractivity contribution is 7.13. The number of carbonyl (C=O) groups excluding carboxylic acids is 1. The van der Waals surface area contributed by atoms with Crippen LogP contribution in [0.25, 0.3) is 0 Å². The van der Waals surface area contributed by atoms with E-state index in [-0.39, 0.29) is 10.9 Å². The molecule has 0 saturated carbocycles. The van der Waals surface area contributed by atoms with Crippen molar-refractivity contribution in [3.8, 4) is 0 Å². The van der Waals surface area contributed by atoms with E-state index in [0.29, 0.717) is 12.1 Å². The van der Waals surface area contributed by atoms with E-state index < -0.39 is 4.92 Å². The quantitative estimate of drug-likeness (QED) is 0.639. The van der Waals surface area contributed by atoms with Crippen LogP contribution in [0.5, 0.6) is 0 Å². The first-order chi connectivity index (χ1) is 8.58. The average Bonchev–Trinajstić information content (AvgIpc) is 2.98. The van der Waals surface area contributed by atoms with Crippen molar-refractivity contribution in [1.29, 1.82) is 0 Å². The molecule has 2 aromatic rings. The van der Waals surface area contributed by atoms with Gasteiger partial charge in [-0.15, -0.1) is 11.3 Å². The Hall–Kier alpha value is -1.73. The van der Waals surface area contributed by atoms with E-state index in [1.807, 2.05) is 17.5 Å². The lowest BCUT2D eigenvalue weighted by atomic mass is 10.3. The van der Waals surface area contributed by atoms with E-state index in [9.17, 15) is 14.9 Å². The summed E-state index contributed by atoms with van der Waals surface area (Å²) in [4.78, 5) is 24.7. The van der Waals surface area contributed by atoms with Gasteiger partial charge in [-0.3, -0.25) is 14.9 Å². The van der Waals surface area contributed by atoms with E-state index in [2.05, 4.69) is 0 Å². The van der Waals surface area contributed by atoms with E-state index >= 15 is 0 Å². The molecule has 0 radical (unpaired) electrons. The highest BCUT2D eigenvalue weighted by Gasteiger charge is 2.18. The van der Waals surface area contributed by atoms with Crippen LogP contribution in [-0.2, 0) is 6.54 Å². The molecule has 0 atom stereocenters. The summed E-state index contributed by atoms with van der Waals surface area (Å²) in [6.07, 6.45) is 0. The van der Waals surface area contributed by atoms with E-state index in [0.717, 1.165) is 16.2 Å². The Morgan fingerprint density at radius 1 is 1.50 bits per heavy atom. The zero-order chi connectivity index (χ0) is 13.1. The van der Waals surface area contributed by atoms with Crippen LogP contribution in [0.3, 0.4) is 0 Å². The summed E-state index contributed by atoms with van der Waals surface area (Å²) in [5, 5.41) is 14.0. The van der Waals surface area contributed by atoms with Crippen LogP contribution >= 0.6 is 22.7 Å². The Labute approximate surface area is 111 Å². The molecule has 0 spiro atoms. The lowest BCUT2D eigenvalue weighted by molar-refractivity contribution is -0.380. The van der Waals surface area contributed by atoms with Crippen molar-refractivity contribution in [2.75, 3.05) is 7.05 Å². The summed E-state index contributed by atoms with van der Waals surface area (Å²) < 4.78 is 0. The van der Waals surface area contributed by atoms with Crippen molar-refractivity contribution in [3.63, 3.8) is 0 Å². The molecule has 94 valence electrons. The van der Waals surface area contributed by atoms with Crippen LogP contribution < -0.4 is 0 Å². The zero-order valence-corrected chi connectivity index (χ0v) is 11.2. The molecule has 2 heterocycles. The van der Waals surface area contributed by atoms with Crippen LogP contribution in [-0.4, -0.2) is 22.8 Å². The van der Waals surface area contributed by atoms with Gasteiger partial charge in [-0.25, -0.2) is 0 Å². The summed E-state index contributed by atoms with van der Waals surface area (Å²) in [6, 6.07) is 5.19. The minimum absolute atomic E-state index is 0.0112. The van der Waals surface area contributed by atoms with Crippen molar-refractivity contribution in [2.24, 2.45) is 0 Å². The Balaban J connectivity index is 2.08. The molecule has 0 N–H and O–H groups in total. The Morgan fingerprint density at radius 3 is 2.83 bits per heavy atom. The summed E-state index contributed by atoms with van der Waals surface area (Å²) in [6.45, 7) is 0.514. The molecule has 1 amide bonds. The first-order valence-corrected chi connectivity index (χ1v) is 6.84. The van der Waals surface area contributed by atoms with Crippen molar-refractivity contribution in [1.82, 2.24) is 4.90 Å². The minimum Gasteiger partial charge on any atom is -0.337 e. The second-order valence-electron chi connectivity index (χ2n) is 3.67. The summed E-state index contributed by atoms with van der Waals surface area (Å²) in [7, 11) is 1.69. The largest absolute Gasteiger partial charge is 0.337 e. The van der Waals surface area contributed by atoms with Crippen LogP contribution in [0.15, 0.2) is 29.0 Å². The lowest BCUT2D eigenvalue weighted by Gasteiger charge is -2.14. The number of amides is 1. The number of thiophene rings is 2. The first kappa shape index (κ1) is 12.7. The second kappa shape index (κ2) is 5.28. The summed E-state index contributed by atoms with van der Waals surface area (Å²) >= 11 is 2.54. The summed E-state index contributed by atoms with van der Waals surface area (Å²) in [5.41, 5.74) is 0.366. The number of carbonyl (C=O) groups is 1. The molecule has 0 fully saturated rings. The smallest absolute Gasteiger partial charge is 0.324 e. The van der Waals surface area contributed by atoms with Crippen LogP contribution in [0.1, 0.15) is 15.2 Å². The third kappa shape index (κ3) is 2.74. The molecule has 0 aliphatic heterocycles. The van der Waals surface area contributed by atoms with E-state index in [1.54, 1.807) is 23.3 Å². The maximum Gasteiger partial charge on any atom is 0.324 e. The standard InChI is InChI=1S/C11H10N2O3S2/c1-12(6-9-3-2-4-17-9)11(14)8-5-10(13(15)16)18-7-8/h2-5,7H,6H2,1H3. The summed E-state index contributed by atoms with van der Waals surface area (Å²) in [5.74, 6) is -0.201. The molecule has 0 unspecified atom stereocenters. The highest BCUT2D eigenvalue weighted by Crippen LogP contribution is 2.24. The molecule has 0 aromatic carbocycles. The molecule has 2 aromatic heterocycles. The Morgan fingerprint density at radius 2 is 2.28 bits per heavy atom. The van der Waals surface area contributed by atoms with Gasteiger partial charge in [0.05, 0.1) is 17.0 Å². The minimum atomic E-state index is -0.485. The van der Waals surface area contributed by atoms with Gasteiger partial charge in [0.1, 0.15) is 0 Å². The number of nitrogens with zero attached hydrogens (tertiary/aromatic N) is 2. The highest BCUT2D eigenvalue weighted by atomic mass is 32.1. The van der Waals surface area contributed by atoms with Gasteiger partial charge in [0.15, 0.2) is 0 Å². The molecule has 2 rings (SSSR count). The fourth-order valence-corrected chi connectivity index (χ4v) is 2.92. The molecule has 0 aliphatic carbocycles. The zero-order valence-electron chi connectivity index (χ0n) is 9.53. The third-order valence-electron chi connectivity index (χ3n) is 2.33. The molecule has 5 nitrogen and oxygen atoms in total. The van der Waals surface area contributed by atoms with Gasteiger partial charge >= 0.3 is 5.00 Å². The molecule has 0 bridgehead atoms. The predicted molar refractivity (Wildman–Crippen MR) is 71.1 cm³/mol. The SMILES string of the molecule is CN(Cc1cccs1)C(=O)c1csc([N+](=O)[O-])c1. The maximum absolute atomic E-state index is 12.0. The molecule has 18 heavy (non-hydrogen) atoms. The van der Waals surface area contributed by atoms with Crippen molar-refractivity contribution < 1.29 is 9.72 Å². The van der Waals surface area contributed by atoms with Gasteiger partial charge in [0.2, 0.25) is 0 Å². The normalized spacial score (nSPS) is 10.3. The predicted octanol–water partition coefficient (Wildman–Crippen LogP) is 2.99. The Kier molecular flexibility index (Phi) is 3.73. The fraction of sp³-hybridized carbons (Fsp3) is 0.182. The third-order valence-corrected chi connectivity index (χ3v) is 4.07. The number of hydrogen-bond acceptors (Lipinski definition) is 5. The molecule has 0 aliphatic rings. The fourth-order valence-electron chi connectivity index (χ4n) is 1.46. The Bertz CT molecular complexity index is 563. The molecule has 0 saturated heterocycles. The molecular formula is C11H10N2O3S2. The van der Waals surface area contributed by atoms with Crippen LogP contribution in [0.4, 0.5) is 5.00 Å². The van der Waals surface area contributed by atoms with E-state index in [1.165, 1.54) is 11.4 Å². The van der Waals surface area contributed by atoms with Gasteiger partial charge in [0, 0.05) is 23.4 Å². The van der Waals surface area contributed by atoms with Gasteiger partial charge in [0.25, 0.3) is 5.91 Å². The first-order valence-electron chi connectivity index (χ1n) is 5.08. The van der Waals surface area contributed by atoms with Crippen LogP contribution in [0, 0.1) is 10.1 Å². The maximum atomic E-state index is 12.0. The number of nitro groups is 1. The number of rotatable bonds is 4. The van der Waals surface area contributed by atoms with Gasteiger partial charge in [-0.1, -0.05) is 17.4 Å². The lowest BCUT2D eigenvalue weighted by Crippen LogP contribution is -2.25. The second-order valence-corrected chi connectivity index (χ2v) is 5.59. The molecule has 7 heteroatoms.